The number of nitrogens with one attached hydrogen (secondary N) is 1. The van der Waals surface area contributed by atoms with E-state index in [1.807, 2.05) is 48.5 Å². The van der Waals surface area contributed by atoms with Crippen LogP contribution in [0, 0.1) is 0 Å². The molecule has 2 aromatic rings. The first-order valence-corrected chi connectivity index (χ1v) is 7.98. The van der Waals surface area contributed by atoms with Crippen molar-refractivity contribution in [1.29, 1.82) is 0 Å². The van der Waals surface area contributed by atoms with E-state index in [0.717, 1.165) is 21.6 Å². The third-order valence-corrected chi connectivity index (χ3v) is 3.98. The largest absolute Gasteiger partial charge is 0.497 e. The molecule has 120 valence electrons. The molecule has 0 bridgehead atoms. The summed E-state index contributed by atoms with van der Waals surface area (Å²) in [6, 6.07) is 15.1. The van der Waals surface area contributed by atoms with Crippen molar-refractivity contribution in [3.63, 3.8) is 0 Å². The van der Waals surface area contributed by atoms with Crippen LogP contribution in [-0.2, 0) is 4.79 Å². The Hall–Kier alpha value is -2.27. The number of carbonyl (C=O) groups is 1. The Morgan fingerprint density at radius 1 is 1.30 bits per heavy atom. The van der Waals surface area contributed by atoms with E-state index in [0.29, 0.717) is 6.54 Å². The van der Waals surface area contributed by atoms with Gasteiger partial charge >= 0.3 is 0 Å². The van der Waals surface area contributed by atoms with Crippen molar-refractivity contribution in [2.45, 2.75) is 0 Å². The van der Waals surface area contributed by atoms with Gasteiger partial charge < -0.3 is 15.0 Å². The Morgan fingerprint density at radius 3 is 2.70 bits per heavy atom. The molecular weight excluding hydrogens is 356 g/mol. The molecule has 0 atom stereocenters. The minimum Gasteiger partial charge on any atom is -0.497 e. The summed E-state index contributed by atoms with van der Waals surface area (Å²) in [5.41, 5.74) is 1.66. The van der Waals surface area contributed by atoms with Crippen molar-refractivity contribution in [3.8, 4) is 5.75 Å². The molecule has 0 aromatic heterocycles. The maximum Gasteiger partial charge on any atom is 0.246 e. The molecule has 0 unspecified atom stereocenters. The molecule has 4 nitrogen and oxygen atoms in total. The number of hydrogen-bond donors (Lipinski definition) is 1. The van der Waals surface area contributed by atoms with Crippen LogP contribution in [0.1, 0.15) is 0 Å². The van der Waals surface area contributed by atoms with E-state index in [4.69, 9.17) is 4.74 Å². The molecule has 1 N–H and O–H groups in total. The molecule has 0 saturated carbocycles. The van der Waals surface area contributed by atoms with Crippen molar-refractivity contribution in [3.05, 3.63) is 65.7 Å². The molecule has 0 aliphatic heterocycles. The van der Waals surface area contributed by atoms with E-state index in [1.54, 1.807) is 18.1 Å². The molecule has 1 amide bonds. The summed E-state index contributed by atoms with van der Waals surface area (Å²) in [6.45, 7) is 4.36. The van der Waals surface area contributed by atoms with Crippen LogP contribution in [0.25, 0.3) is 0 Å². The second-order valence-corrected chi connectivity index (χ2v) is 5.68. The Morgan fingerprint density at radius 2 is 2.04 bits per heavy atom. The fourth-order valence-corrected chi connectivity index (χ4v) is 2.51. The van der Waals surface area contributed by atoms with Gasteiger partial charge in [-0.1, -0.05) is 24.3 Å². The minimum absolute atomic E-state index is 0.0363. The predicted molar refractivity (Wildman–Crippen MR) is 98.2 cm³/mol. The average Bonchev–Trinajstić information content (AvgIpc) is 2.59. The van der Waals surface area contributed by atoms with E-state index in [9.17, 15) is 4.79 Å². The number of methoxy groups -OCH3 is 1. The van der Waals surface area contributed by atoms with Crippen molar-refractivity contribution >= 4 is 33.2 Å². The van der Waals surface area contributed by atoms with Gasteiger partial charge in [-0.25, -0.2) is 0 Å². The summed E-state index contributed by atoms with van der Waals surface area (Å²) in [5, 5.41) is 3.14. The molecule has 5 heteroatoms. The second kappa shape index (κ2) is 8.39. The molecule has 2 rings (SSSR count). The van der Waals surface area contributed by atoms with Gasteiger partial charge in [0.05, 0.1) is 19.3 Å². The Bertz CT molecular complexity index is 674. The highest BCUT2D eigenvalue weighted by molar-refractivity contribution is 9.10. The number of ether oxygens (including phenoxy) is 1. The summed E-state index contributed by atoms with van der Waals surface area (Å²) >= 11 is 3.46. The summed E-state index contributed by atoms with van der Waals surface area (Å²) < 4.78 is 6.08. The summed E-state index contributed by atoms with van der Waals surface area (Å²) in [6.07, 6.45) is 1.71. The Labute approximate surface area is 144 Å². The van der Waals surface area contributed by atoms with Crippen molar-refractivity contribution in [2.24, 2.45) is 0 Å². The maximum absolute atomic E-state index is 12.5. The molecule has 0 radical (unpaired) electrons. The fourth-order valence-electron chi connectivity index (χ4n) is 2.12. The van der Waals surface area contributed by atoms with Crippen molar-refractivity contribution in [2.75, 3.05) is 30.4 Å². The molecule has 0 aliphatic rings. The Kier molecular flexibility index (Phi) is 6.23. The molecule has 2 aromatic carbocycles. The second-order valence-electron chi connectivity index (χ2n) is 4.83. The van der Waals surface area contributed by atoms with E-state index in [2.05, 4.69) is 27.8 Å². The minimum atomic E-state index is -0.0363. The molecular formula is C18H19BrN2O2. The quantitative estimate of drug-likeness (QED) is 0.742. The number of para-hydroxylation sites is 1. The lowest BCUT2D eigenvalue weighted by molar-refractivity contribution is -0.116. The lowest BCUT2D eigenvalue weighted by atomic mass is 10.2. The smallest absolute Gasteiger partial charge is 0.246 e. The third kappa shape index (κ3) is 4.60. The first-order valence-electron chi connectivity index (χ1n) is 7.19. The standard InChI is InChI=1S/C18H19BrN2O2/c1-3-11-21(14-7-5-4-6-8-14)18(22)13-20-17-12-15(23-2)9-10-16(17)19/h3-10,12,20H,1,11,13H2,2H3. The monoisotopic (exact) mass is 374 g/mol. The number of anilines is 2. The van der Waals surface area contributed by atoms with Gasteiger partial charge in [0.15, 0.2) is 0 Å². The number of benzene rings is 2. The van der Waals surface area contributed by atoms with Crippen molar-refractivity contribution in [1.82, 2.24) is 0 Å². The van der Waals surface area contributed by atoms with Crippen LogP contribution in [0.15, 0.2) is 65.7 Å². The molecule has 0 saturated heterocycles. The van der Waals surface area contributed by atoms with Crippen LogP contribution in [-0.4, -0.2) is 26.1 Å². The lowest BCUT2D eigenvalue weighted by Gasteiger charge is -2.22. The van der Waals surface area contributed by atoms with Crippen LogP contribution in [0.2, 0.25) is 0 Å². The van der Waals surface area contributed by atoms with E-state index < -0.39 is 0 Å². The zero-order valence-corrected chi connectivity index (χ0v) is 14.5. The zero-order chi connectivity index (χ0) is 16.7. The normalized spacial score (nSPS) is 10.0. The predicted octanol–water partition coefficient (Wildman–Crippen LogP) is 4.09. The highest BCUT2D eigenvalue weighted by Gasteiger charge is 2.14. The highest BCUT2D eigenvalue weighted by atomic mass is 79.9. The van der Waals surface area contributed by atoms with Crippen LogP contribution in [0.3, 0.4) is 0 Å². The molecule has 0 heterocycles. The number of rotatable bonds is 7. The Balaban J connectivity index is 2.09. The van der Waals surface area contributed by atoms with Gasteiger partial charge in [-0.05, 0) is 40.2 Å². The molecule has 0 fully saturated rings. The van der Waals surface area contributed by atoms with Crippen LogP contribution in [0.4, 0.5) is 11.4 Å². The van der Waals surface area contributed by atoms with Crippen LogP contribution < -0.4 is 15.0 Å². The molecule has 0 aliphatic carbocycles. The summed E-state index contributed by atoms with van der Waals surface area (Å²) in [5.74, 6) is 0.694. The summed E-state index contributed by atoms with van der Waals surface area (Å²) in [4.78, 5) is 14.2. The van der Waals surface area contributed by atoms with Crippen LogP contribution in [0.5, 0.6) is 5.75 Å². The first-order chi connectivity index (χ1) is 11.2. The first kappa shape index (κ1) is 17.1. The van der Waals surface area contributed by atoms with Gasteiger partial charge in [0, 0.05) is 22.8 Å². The maximum atomic E-state index is 12.5. The topological polar surface area (TPSA) is 41.6 Å². The SMILES string of the molecule is C=CCN(C(=O)CNc1cc(OC)ccc1Br)c1ccccc1. The molecule has 23 heavy (non-hydrogen) atoms. The van der Waals surface area contributed by atoms with E-state index in [1.165, 1.54) is 0 Å². The summed E-state index contributed by atoms with van der Waals surface area (Å²) in [7, 11) is 1.61. The average molecular weight is 375 g/mol. The van der Waals surface area contributed by atoms with Gasteiger partial charge in [-0.2, -0.15) is 0 Å². The number of carbonyl (C=O) groups excluding carboxylic acids is 1. The van der Waals surface area contributed by atoms with Gasteiger partial charge in [-0.15, -0.1) is 6.58 Å². The third-order valence-electron chi connectivity index (χ3n) is 3.28. The van der Waals surface area contributed by atoms with Crippen molar-refractivity contribution < 1.29 is 9.53 Å². The lowest BCUT2D eigenvalue weighted by Crippen LogP contribution is -2.35. The van der Waals surface area contributed by atoms with Gasteiger partial charge in [0.1, 0.15) is 5.75 Å². The van der Waals surface area contributed by atoms with Crippen LogP contribution >= 0.6 is 15.9 Å². The zero-order valence-electron chi connectivity index (χ0n) is 13.0. The molecule has 0 spiro atoms. The van der Waals surface area contributed by atoms with Gasteiger partial charge in [0.2, 0.25) is 5.91 Å². The number of nitrogens with zero attached hydrogens (tertiary/aromatic N) is 1. The number of amides is 1. The van der Waals surface area contributed by atoms with Gasteiger partial charge in [0.25, 0.3) is 0 Å². The number of hydrogen-bond acceptors (Lipinski definition) is 3. The van der Waals surface area contributed by atoms with Gasteiger partial charge in [-0.3, -0.25) is 4.79 Å². The van der Waals surface area contributed by atoms with E-state index in [-0.39, 0.29) is 12.5 Å². The highest BCUT2D eigenvalue weighted by Crippen LogP contribution is 2.27. The van der Waals surface area contributed by atoms with E-state index >= 15 is 0 Å². The number of halogens is 1. The fraction of sp³-hybridized carbons (Fsp3) is 0.167.